The van der Waals surface area contributed by atoms with Crippen LogP contribution in [-0.2, 0) is 9.47 Å². The molecule has 6 heteroatoms. The second kappa shape index (κ2) is 10.3. The quantitative estimate of drug-likeness (QED) is 0.646. The maximum atomic E-state index is 12.3. The summed E-state index contributed by atoms with van der Waals surface area (Å²) in [4.78, 5) is 19.4. The van der Waals surface area contributed by atoms with Crippen LogP contribution in [0.25, 0.3) is 0 Å². The van der Waals surface area contributed by atoms with E-state index in [0.717, 1.165) is 52.2 Å². The highest BCUT2D eigenvalue weighted by Crippen LogP contribution is 2.26. The van der Waals surface area contributed by atoms with Crippen LogP contribution < -0.4 is 0 Å². The van der Waals surface area contributed by atoms with Crippen molar-refractivity contribution in [3.63, 3.8) is 0 Å². The lowest BCUT2D eigenvalue weighted by atomic mass is 9.91. The first-order valence-corrected chi connectivity index (χ1v) is 11.4. The smallest absolute Gasteiger partial charge is 0.410 e. The normalized spacial score (nSPS) is 27.5. The van der Waals surface area contributed by atoms with E-state index in [2.05, 4.69) is 9.80 Å². The predicted octanol–water partition coefficient (Wildman–Crippen LogP) is 3.21. The summed E-state index contributed by atoms with van der Waals surface area (Å²) in [7, 11) is 0. The summed E-state index contributed by atoms with van der Waals surface area (Å²) < 4.78 is 11.6. The molecule has 3 aliphatic rings. The molecule has 3 rings (SSSR count). The zero-order valence-corrected chi connectivity index (χ0v) is 18.3. The van der Waals surface area contributed by atoms with Crippen molar-refractivity contribution in [1.82, 2.24) is 14.7 Å². The van der Waals surface area contributed by atoms with Crippen LogP contribution in [0.15, 0.2) is 0 Å². The van der Waals surface area contributed by atoms with E-state index in [0.29, 0.717) is 12.0 Å². The Labute approximate surface area is 171 Å². The highest BCUT2D eigenvalue weighted by atomic mass is 16.6. The average molecular weight is 396 g/mol. The summed E-state index contributed by atoms with van der Waals surface area (Å²) in [6.07, 6.45) is 7.49. The summed E-state index contributed by atoms with van der Waals surface area (Å²) in [6, 6.07) is 0.483. The second-order valence-corrected chi connectivity index (χ2v) is 9.85. The minimum atomic E-state index is -0.419. The van der Waals surface area contributed by atoms with Crippen LogP contribution in [0.4, 0.5) is 4.79 Å². The third-order valence-corrected chi connectivity index (χ3v) is 6.22. The third-order valence-electron chi connectivity index (χ3n) is 6.22. The number of piperazine rings is 1. The van der Waals surface area contributed by atoms with Crippen molar-refractivity contribution >= 4 is 6.09 Å². The standard InChI is InChI=1S/C22H41N3O3/c1-22(2,3)28-21(26)25-14-13-24-16-19(8-9-20(24)17-25)18-27-15-7-12-23-10-5-4-6-11-23/h19-20H,4-18H2,1-3H3/t19-,20+/m1/s1. The van der Waals surface area contributed by atoms with Gasteiger partial charge >= 0.3 is 6.09 Å². The topological polar surface area (TPSA) is 45.3 Å². The summed E-state index contributed by atoms with van der Waals surface area (Å²) in [5.41, 5.74) is -0.419. The van der Waals surface area contributed by atoms with Gasteiger partial charge in [0.05, 0.1) is 6.61 Å². The van der Waals surface area contributed by atoms with Crippen molar-refractivity contribution in [2.24, 2.45) is 5.92 Å². The fourth-order valence-corrected chi connectivity index (χ4v) is 4.71. The van der Waals surface area contributed by atoms with Gasteiger partial charge in [0.2, 0.25) is 0 Å². The number of likely N-dealkylation sites (tertiary alicyclic amines) is 1. The van der Waals surface area contributed by atoms with Crippen LogP contribution in [0.5, 0.6) is 0 Å². The summed E-state index contributed by atoms with van der Waals surface area (Å²) >= 11 is 0. The fourth-order valence-electron chi connectivity index (χ4n) is 4.71. The molecular weight excluding hydrogens is 354 g/mol. The lowest BCUT2D eigenvalue weighted by molar-refractivity contribution is -0.0194. The number of hydrogen-bond acceptors (Lipinski definition) is 5. The molecule has 0 radical (unpaired) electrons. The van der Waals surface area contributed by atoms with Gasteiger partial charge in [-0.15, -0.1) is 0 Å². The summed E-state index contributed by atoms with van der Waals surface area (Å²) in [6.45, 7) is 15.0. The maximum Gasteiger partial charge on any atom is 0.410 e. The van der Waals surface area contributed by atoms with Crippen molar-refractivity contribution in [2.45, 2.75) is 70.9 Å². The lowest BCUT2D eigenvalue weighted by Crippen LogP contribution is -2.58. The van der Waals surface area contributed by atoms with Gasteiger partial charge in [-0.2, -0.15) is 0 Å². The van der Waals surface area contributed by atoms with Gasteiger partial charge in [0.1, 0.15) is 5.60 Å². The molecule has 3 saturated heterocycles. The number of ether oxygens (including phenoxy) is 2. The Morgan fingerprint density at radius 1 is 1.00 bits per heavy atom. The van der Waals surface area contributed by atoms with Gasteiger partial charge in [0, 0.05) is 45.4 Å². The maximum absolute atomic E-state index is 12.3. The van der Waals surface area contributed by atoms with E-state index in [1.54, 1.807) is 0 Å². The second-order valence-electron chi connectivity index (χ2n) is 9.85. The summed E-state index contributed by atoms with van der Waals surface area (Å²) in [5, 5.41) is 0. The lowest BCUT2D eigenvalue weighted by Gasteiger charge is -2.46. The minimum absolute atomic E-state index is 0.161. The van der Waals surface area contributed by atoms with Crippen LogP contribution in [0.2, 0.25) is 0 Å². The van der Waals surface area contributed by atoms with E-state index in [1.165, 1.54) is 45.3 Å². The zero-order valence-electron chi connectivity index (χ0n) is 18.3. The molecule has 1 amide bonds. The van der Waals surface area contributed by atoms with Crippen molar-refractivity contribution in [3.8, 4) is 0 Å². The van der Waals surface area contributed by atoms with Crippen molar-refractivity contribution in [1.29, 1.82) is 0 Å². The molecule has 3 aliphatic heterocycles. The molecule has 162 valence electrons. The van der Waals surface area contributed by atoms with Crippen LogP contribution in [0.1, 0.15) is 59.3 Å². The number of piperidine rings is 2. The molecule has 0 aromatic rings. The Balaban J connectivity index is 1.30. The number of carbonyl (C=O) groups is 1. The van der Waals surface area contributed by atoms with Crippen molar-refractivity contribution < 1.29 is 14.3 Å². The molecule has 6 nitrogen and oxygen atoms in total. The van der Waals surface area contributed by atoms with E-state index in [-0.39, 0.29) is 6.09 Å². The largest absolute Gasteiger partial charge is 0.444 e. The number of carbonyl (C=O) groups excluding carboxylic acids is 1. The molecule has 0 N–H and O–H groups in total. The molecule has 0 aliphatic carbocycles. The Hall–Kier alpha value is -0.850. The Morgan fingerprint density at radius 3 is 2.54 bits per heavy atom. The first-order chi connectivity index (χ1) is 13.4. The highest BCUT2D eigenvalue weighted by molar-refractivity contribution is 5.68. The number of nitrogens with zero attached hydrogens (tertiary/aromatic N) is 3. The van der Waals surface area contributed by atoms with E-state index < -0.39 is 5.60 Å². The molecular formula is C22H41N3O3. The Morgan fingerprint density at radius 2 is 1.79 bits per heavy atom. The van der Waals surface area contributed by atoms with Crippen molar-refractivity contribution in [2.75, 3.05) is 59.0 Å². The molecule has 2 atom stereocenters. The Bertz CT molecular complexity index is 488. The fraction of sp³-hybridized carbons (Fsp3) is 0.955. The van der Waals surface area contributed by atoms with Gasteiger partial charge in [-0.25, -0.2) is 4.79 Å². The SMILES string of the molecule is CC(C)(C)OC(=O)N1CCN2C[C@H](COCCCN3CCCCC3)CC[C@H]2C1. The Kier molecular flexibility index (Phi) is 8.01. The van der Waals surface area contributed by atoms with Crippen molar-refractivity contribution in [3.05, 3.63) is 0 Å². The molecule has 0 spiro atoms. The van der Waals surface area contributed by atoms with Crippen LogP contribution in [0.3, 0.4) is 0 Å². The number of fused-ring (bicyclic) bond motifs is 1. The number of hydrogen-bond donors (Lipinski definition) is 0. The van der Waals surface area contributed by atoms with Crippen LogP contribution in [0, 0.1) is 5.92 Å². The number of amides is 1. The van der Waals surface area contributed by atoms with Gasteiger partial charge in [-0.05, 0) is 71.9 Å². The molecule has 0 saturated carbocycles. The highest BCUT2D eigenvalue weighted by Gasteiger charge is 2.35. The zero-order chi connectivity index (χ0) is 20.0. The minimum Gasteiger partial charge on any atom is -0.444 e. The van der Waals surface area contributed by atoms with Crippen LogP contribution >= 0.6 is 0 Å². The molecule has 3 fully saturated rings. The molecule has 0 bridgehead atoms. The van der Waals surface area contributed by atoms with Gasteiger partial charge in [0.25, 0.3) is 0 Å². The molecule has 0 aromatic heterocycles. The number of rotatable bonds is 6. The van der Waals surface area contributed by atoms with Gasteiger partial charge in [-0.1, -0.05) is 6.42 Å². The van der Waals surface area contributed by atoms with Gasteiger partial charge in [0.15, 0.2) is 0 Å². The average Bonchev–Trinajstić information content (AvgIpc) is 2.66. The van der Waals surface area contributed by atoms with E-state index in [4.69, 9.17) is 9.47 Å². The summed E-state index contributed by atoms with van der Waals surface area (Å²) in [5.74, 6) is 0.638. The first kappa shape index (κ1) is 21.8. The van der Waals surface area contributed by atoms with Gasteiger partial charge < -0.3 is 19.3 Å². The molecule has 3 heterocycles. The van der Waals surface area contributed by atoms with E-state index in [1.807, 2.05) is 25.7 Å². The van der Waals surface area contributed by atoms with Crippen LogP contribution in [-0.4, -0.2) is 91.5 Å². The molecule has 0 aromatic carbocycles. The predicted molar refractivity (Wildman–Crippen MR) is 112 cm³/mol. The van der Waals surface area contributed by atoms with E-state index in [9.17, 15) is 4.79 Å². The first-order valence-electron chi connectivity index (χ1n) is 11.4. The third kappa shape index (κ3) is 6.89. The monoisotopic (exact) mass is 395 g/mol. The molecule has 0 unspecified atom stereocenters. The molecule has 28 heavy (non-hydrogen) atoms. The van der Waals surface area contributed by atoms with E-state index >= 15 is 0 Å². The van der Waals surface area contributed by atoms with Gasteiger partial charge in [-0.3, -0.25) is 4.90 Å².